The molecule has 17 heavy (non-hydrogen) atoms. The lowest BCUT2D eigenvalue weighted by Gasteiger charge is -2.13. The number of anilines is 1. The first kappa shape index (κ1) is 13.2. The van der Waals surface area contributed by atoms with Gasteiger partial charge in [-0.3, -0.25) is 0 Å². The van der Waals surface area contributed by atoms with E-state index >= 15 is 0 Å². The van der Waals surface area contributed by atoms with Crippen LogP contribution < -0.4 is 5.32 Å². The van der Waals surface area contributed by atoms with Crippen LogP contribution in [0.15, 0.2) is 12.3 Å². The molecule has 1 rings (SSSR count). The summed E-state index contributed by atoms with van der Waals surface area (Å²) in [5.74, 6) is -2.62. The maximum absolute atomic E-state index is 12.3. The summed E-state index contributed by atoms with van der Waals surface area (Å²) in [4.78, 5) is 17.0. The van der Waals surface area contributed by atoms with Crippen LogP contribution in [0.5, 0.6) is 0 Å². The molecule has 1 unspecified atom stereocenters. The molecule has 5 nitrogen and oxygen atoms in total. The lowest BCUT2D eigenvalue weighted by atomic mass is 10.2. The summed E-state index contributed by atoms with van der Waals surface area (Å²) in [5.41, 5.74) is 0. The van der Waals surface area contributed by atoms with Crippen LogP contribution in [0, 0.1) is 0 Å². The van der Waals surface area contributed by atoms with Gasteiger partial charge in [0.15, 0.2) is 0 Å². The molecule has 1 aromatic heterocycles. The lowest BCUT2D eigenvalue weighted by Crippen LogP contribution is -2.29. The maximum Gasteiger partial charge on any atom is 0.451 e. The number of nitrogens with zero attached hydrogens (tertiary/aromatic N) is 2. The zero-order chi connectivity index (χ0) is 13.1. The number of carbonyl (C=O) groups is 1. The molecule has 0 saturated carbocycles. The third-order valence-electron chi connectivity index (χ3n) is 1.94. The van der Waals surface area contributed by atoms with Crippen molar-refractivity contribution in [3.63, 3.8) is 0 Å². The smallest absolute Gasteiger partial charge is 0.451 e. The first-order valence-corrected chi connectivity index (χ1v) is 4.74. The molecule has 2 N–H and O–H groups in total. The SMILES string of the molecule is CCC(Nc1ccnc(C(F)(F)F)n1)C(=O)O. The Balaban J connectivity index is 2.89. The second kappa shape index (κ2) is 4.98. The topological polar surface area (TPSA) is 75.1 Å². The van der Waals surface area contributed by atoms with Crippen LogP contribution in [-0.4, -0.2) is 27.1 Å². The number of alkyl halides is 3. The predicted molar refractivity (Wildman–Crippen MR) is 52.4 cm³/mol. The minimum absolute atomic E-state index is 0.165. The third-order valence-corrected chi connectivity index (χ3v) is 1.94. The molecule has 0 aliphatic carbocycles. The molecule has 1 heterocycles. The molecule has 0 aliphatic heterocycles. The van der Waals surface area contributed by atoms with E-state index < -0.39 is 24.0 Å². The molecule has 0 aliphatic rings. The number of aliphatic carboxylic acids is 1. The van der Waals surface area contributed by atoms with Gasteiger partial charge in [-0.05, 0) is 12.5 Å². The summed E-state index contributed by atoms with van der Waals surface area (Å²) in [6.07, 6.45) is -3.50. The molecule has 1 aromatic rings. The fourth-order valence-corrected chi connectivity index (χ4v) is 1.09. The fraction of sp³-hybridized carbons (Fsp3) is 0.444. The van der Waals surface area contributed by atoms with E-state index in [0.717, 1.165) is 6.20 Å². The molecule has 0 amide bonds. The largest absolute Gasteiger partial charge is 0.480 e. The number of hydrogen-bond donors (Lipinski definition) is 2. The maximum atomic E-state index is 12.3. The van der Waals surface area contributed by atoms with E-state index in [1.54, 1.807) is 6.92 Å². The molecule has 0 saturated heterocycles. The van der Waals surface area contributed by atoms with Gasteiger partial charge < -0.3 is 10.4 Å². The van der Waals surface area contributed by atoms with Gasteiger partial charge in [0.05, 0.1) is 0 Å². The Bertz CT molecular complexity index is 409. The molecule has 0 fully saturated rings. The third kappa shape index (κ3) is 3.58. The molecule has 0 spiro atoms. The Morgan fingerprint density at radius 1 is 1.59 bits per heavy atom. The van der Waals surface area contributed by atoms with Gasteiger partial charge >= 0.3 is 12.1 Å². The van der Waals surface area contributed by atoms with Crippen molar-refractivity contribution < 1.29 is 23.1 Å². The number of halogens is 3. The van der Waals surface area contributed by atoms with E-state index in [4.69, 9.17) is 5.11 Å². The molecule has 0 aromatic carbocycles. The highest BCUT2D eigenvalue weighted by Gasteiger charge is 2.34. The summed E-state index contributed by atoms with van der Waals surface area (Å²) in [6.45, 7) is 1.59. The van der Waals surface area contributed by atoms with Crippen molar-refractivity contribution in [2.75, 3.05) is 5.32 Å². The Morgan fingerprint density at radius 2 is 2.24 bits per heavy atom. The number of hydrogen-bond acceptors (Lipinski definition) is 4. The van der Waals surface area contributed by atoms with Gasteiger partial charge in [-0.2, -0.15) is 13.2 Å². The highest BCUT2D eigenvalue weighted by Crippen LogP contribution is 2.26. The minimum Gasteiger partial charge on any atom is -0.480 e. The first-order valence-electron chi connectivity index (χ1n) is 4.74. The summed E-state index contributed by atoms with van der Waals surface area (Å²) in [5, 5.41) is 11.1. The van der Waals surface area contributed by atoms with Crippen LogP contribution in [0.4, 0.5) is 19.0 Å². The second-order valence-corrected chi connectivity index (χ2v) is 3.21. The van der Waals surface area contributed by atoms with Gasteiger partial charge in [0.1, 0.15) is 11.9 Å². The Kier molecular flexibility index (Phi) is 3.87. The van der Waals surface area contributed by atoms with Crippen molar-refractivity contribution in [3.8, 4) is 0 Å². The summed E-state index contributed by atoms with van der Waals surface area (Å²) in [7, 11) is 0. The van der Waals surface area contributed by atoms with Gasteiger partial charge in [-0.15, -0.1) is 0 Å². The first-order chi connectivity index (χ1) is 7.84. The second-order valence-electron chi connectivity index (χ2n) is 3.21. The van der Waals surface area contributed by atoms with Crippen LogP contribution in [0.3, 0.4) is 0 Å². The summed E-state index contributed by atoms with van der Waals surface area (Å²) >= 11 is 0. The van der Waals surface area contributed by atoms with E-state index in [1.165, 1.54) is 6.07 Å². The van der Waals surface area contributed by atoms with Crippen LogP contribution in [0.1, 0.15) is 19.2 Å². The normalized spacial score (nSPS) is 13.2. The Labute approximate surface area is 94.7 Å². The Hall–Kier alpha value is -1.86. The standard InChI is InChI=1S/C9H10F3N3O2/c1-2-5(7(16)17)14-6-3-4-13-8(15-6)9(10,11)12/h3-5H,2H2,1H3,(H,16,17)(H,13,14,15). The van der Waals surface area contributed by atoms with Gasteiger partial charge in [0, 0.05) is 6.20 Å². The number of carboxylic acids is 1. The van der Waals surface area contributed by atoms with Gasteiger partial charge in [-0.25, -0.2) is 14.8 Å². The van der Waals surface area contributed by atoms with E-state index in [2.05, 4.69) is 15.3 Å². The quantitative estimate of drug-likeness (QED) is 0.850. The molecule has 0 radical (unpaired) electrons. The molecule has 1 atom stereocenters. The van der Waals surface area contributed by atoms with Gasteiger partial charge in [-0.1, -0.05) is 6.92 Å². The van der Waals surface area contributed by atoms with Crippen molar-refractivity contribution >= 4 is 11.8 Å². The number of rotatable bonds is 4. The number of nitrogens with one attached hydrogen (secondary N) is 1. The summed E-state index contributed by atoms with van der Waals surface area (Å²) < 4.78 is 36.8. The van der Waals surface area contributed by atoms with Crippen molar-refractivity contribution in [1.82, 2.24) is 9.97 Å². The zero-order valence-electron chi connectivity index (χ0n) is 8.82. The Morgan fingerprint density at radius 3 is 2.71 bits per heavy atom. The van der Waals surface area contributed by atoms with E-state index in [9.17, 15) is 18.0 Å². The lowest BCUT2D eigenvalue weighted by molar-refractivity contribution is -0.144. The van der Waals surface area contributed by atoms with Crippen LogP contribution in [-0.2, 0) is 11.0 Å². The average molecular weight is 249 g/mol. The van der Waals surface area contributed by atoms with Crippen molar-refractivity contribution in [2.24, 2.45) is 0 Å². The average Bonchev–Trinajstić information content (AvgIpc) is 2.24. The molecular weight excluding hydrogens is 239 g/mol. The zero-order valence-corrected chi connectivity index (χ0v) is 8.82. The number of carboxylic acid groups (broad SMARTS) is 1. The highest BCUT2D eigenvalue weighted by molar-refractivity contribution is 5.76. The van der Waals surface area contributed by atoms with E-state index in [1.807, 2.05) is 0 Å². The van der Waals surface area contributed by atoms with Crippen LogP contribution >= 0.6 is 0 Å². The molecule has 0 bridgehead atoms. The minimum atomic E-state index is -4.65. The van der Waals surface area contributed by atoms with Crippen molar-refractivity contribution in [2.45, 2.75) is 25.6 Å². The van der Waals surface area contributed by atoms with Crippen molar-refractivity contribution in [3.05, 3.63) is 18.1 Å². The van der Waals surface area contributed by atoms with Crippen LogP contribution in [0.2, 0.25) is 0 Å². The van der Waals surface area contributed by atoms with E-state index in [-0.39, 0.29) is 12.2 Å². The molecule has 94 valence electrons. The predicted octanol–water partition coefficient (Wildman–Crippen LogP) is 1.77. The van der Waals surface area contributed by atoms with E-state index in [0.29, 0.717) is 0 Å². The fourth-order valence-electron chi connectivity index (χ4n) is 1.09. The van der Waals surface area contributed by atoms with Gasteiger partial charge in [0.2, 0.25) is 5.82 Å². The number of aromatic nitrogens is 2. The summed E-state index contributed by atoms with van der Waals surface area (Å²) in [6, 6.07) is 0.201. The molecular formula is C9H10F3N3O2. The monoisotopic (exact) mass is 249 g/mol. The highest BCUT2D eigenvalue weighted by atomic mass is 19.4. The molecule has 8 heteroatoms. The van der Waals surface area contributed by atoms with Gasteiger partial charge in [0.25, 0.3) is 0 Å². The van der Waals surface area contributed by atoms with Crippen molar-refractivity contribution in [1.29, 1.82) is 0 Å². The van der Waals surface area contributed by atoms with Crippen LogP contribution in [0.25, 0.3) is 0 Å².